The molecular formula is C18H25N5O2. The summed E-state index contributed by atoms with van der Waals surface area (Å²) in [5.74, 6) is 0.966. The van der Waals surface area contributed by atoms with Gasteiger partial charge in [-0.15, -0.1) is 0 Å². The largest absolute Gasteiger partial charge is 0.340 e. The van der Waals surface area contributed by atoms with Gasteiger partial charge in [-0.05, 0) is 38.4 Å². The zero-order valence-electron chi connectivity index (χ0n) is 14.8. The lowest BCUT2D eigenvalue weighted by molar-refractivity contribution is 0.220. The smallest absolute Gasteiger partial charge is 0.315 e. The topological polar surface area (TPSA) is 83.3 Å². The molecule has 2 heterocycles. The molecule has 1 aromatic carbocycles. The van der Waals surface area contributed by atoms with E-state index in [1.807, 2.05) is 0 Å². The predicted octanol–water partition coefficient (Wildman–Crippen LogP) is 2.32. The van der Waals surface area contributed by atoms with E-state index in [0.717, 1.165) is 13.1 Å². The molecule has 0 bridgehead atoms. The first-order valence-electron chi connectivity index (χ1n) is 8.73. The van der Waals surface area contributed by atoms with Gasteiger partial charge in [0.05, 0.1) is 12.6 Å². The van der Waals surface area contributed by atoms with Gasteiger partial charge in [0, 0.05) is 13.5 Å². The Labute approximate surface area is 147 Å². The molecule has 1 unspecified atom stereocenters. The van der Waals surface area contributed by atoms with E-state index in [1.165, 1.54) is 24.0 Å². The van der Waals surface area contributed by atoms with Gasteiger partial charge < -0.3 is 15.2 Å². The van der Waals surface area contributed by atoms with E-state index in [2.05, 4.69) is 56.9 Å². The Balaban J connectivity index is 1.56. The third-order valence-corrected chi connectivity index (χ3v) is 4.48. The minimum atomic E-state index is -0.223. The molecule has 7 nitrogen and oxygen atoms in total. The number of urea groups is 1. The van der Waals surface area contributed by atoms with Crippen molar-refractivity contribution in [3.8, 4) is 0 Å². The summed E-state index contributed by atoms with van der Waals surface area (Å²) in [6.07, 6.45) is 2.43. The molecular weight excluding hydrogens is 318 g/mol. The summed E-state index contributed by atoms with van der Waals surface area (Å²) in [5.41, 5.74) is 2.48. The van der Waals surface area contributed by atoms with E-state index in [0.29, 0.717) is 18.3 Å². The lowest BCUT2D eigenvalue weighted by Gasteiger charge is -2.28. The van der Waals surface area contributed by atoms with Gasteiger partial charge in [0.15, 0.2) is 5.82 Å². The third-order valence-electron chi connectivity index (χ3n) is 4.48. The molecule has 1 aliphatic heterocycles. The van der Waals surface area contributed by atoms with Gasteiger partial charge in [0.1, 0.15) is 0 Å². The van der Waals surface area contributed by atoms with E-state index in [-0.39, 0.29) is 18.6 Å². The van der Waals surface area contributed by atoms with Crippen molar-refractivity contribution in [3.05, 3.63) is 47.1 Å². The van der Waals surface area contributed by atoms with Crippen LogP contribution in [-0.4, -0.2) is 40.7 Å². The number of nitrogens with one attached hydrogen (secondary N) is 2. The van der Waals surface area contributed by atoms with Gasteiger partial charge in [-0.2, -0.15) is 4.98 Å². The van der Waals surface area contributed by atoms with Gasteiger partial charge in [-0.3, -0.25) is 4.90 Å². The van der Waals surface area contributed by atoms with Gasteiger partial charge in [-0.25, -0.2) is 4.79 Å². The molecule has 1 aromatic heterocycles. The van der Waals surface area contributed by atoms with E-state index >= 15 is 0 Å². The Morgan fingerprint density at radius 1 is 1.20 bits per heavy atom. The summed E-state index contributed by atoms with van der Waals surface area (Å²) in [7, 11) is 0. The van der Waals surface area contributed by atoms with Crippen LogP contribution in [0.2, 0.25) is 0 Å². The molecule has 1 fully saturated rings. The zero-order chi connectivity index (χ0) is 17.6. The molecule has 0 aliphatic carbocycles. The van der Waals surface area contributed by atoms with Crippen LogP contribution in [0.3, 0.4) is 0 Å². The second-order valence-electron chi connectivity index (χ2n) is 6.46. The highest BCUT2D eigenvalue weighted by atomic mass is 16.5. The van der Waals surface area contributed by atoms with Crippen LogP contribution in [0.5, 0.6) is 0 Å². The van der Waals surface area contributed by atoms with Crippen molar-refractivity contribution < 1.29 is 9.32 Å². The van der Waals surface area contributed by atoms with Crippen LogP contribution < -0.4 is 10.6 Å². The van der Waals surface area contributed by atoms with Crippen molar-refractivity contribution in [1.29, 1.82) is 0 Å². The maximum absolute atomic E-state index is 12.1. The van der Waals surface area contributed by atoms with Gasteiger partial charge in [-0.1, -0.05) is 35.0 Å². The second kappa shape index (κ2) is 8.11. The zero-order valence-corrected chi connectivity index (χ0v) is 14.8. The SMILES string of the molecule is Cc1ccc(C(CNC(=O)NCc2noc(C)n2)N2CCCC2)cc1. The number of hydrogen-bond donors (Lipinski definition) is 2. The van der Waals surface area contributed by atoms with Crippen molar-refractivity contribution >= 4 is 6.03 Å². The summed E-state index contributed by atoms with van der Waals surface area (Å²) in [5, 5.41) is 9.50. The second-order valence-corrected chi connectivity index (χ2v) is 6.46. The molecule has 2 amide bonds. The average Bonchev–Trinajstić information content (AvgIpc) is 3.27. The van der Waals surface area contributed by atoms with E-state index < -0.39 is 0 Å². The number of aryl methyl sites for hydroxylation is 2. The van der Waals surface area contributed by atoms with E-state index in [4.69, 9.17) is 4.52 Å². The van der Waals surface area contributed by atoms with Crippen LogP contribution in [-0.2, 0) is 6.54 Å². The first-order valence-corrected chi connectivity index (χ1v) is 8.73. The highest BCUT2D eigenvalue weighted by Crippen LogP contribution is 2.24. The molecule has 2 N–H and O–H groups in total. The number of carbonyl (C=O) groups is 1. The van der Waals surface area contributed by atoms with Crippen LogP contribution in [0, 0.1) is 13.8 Å². The Bertz CT molecular complexity index is 692. The maximum Gasteiger partial charge on any atom is 0.315 e. The lowest BCUT2D eigenvalue weighted by Crippen LogP contribution is -2.41. The van der Waals surface area contributed by atoms with Gasteiger partial charge in [0.2, 0.25) is 5.89 Å². The Morgan fingerprint density at radius 2 is 1.92 bits per heavy atom. The summed E-state index contributed by atoms with van der Waals surface area (Å²) in [4.78, 5) is 18.6. The number of hydrogen-bond acceptors (Lipinski definition) is 5. The fraction of sp³-hybridized carbons (Fsp3) is 0.500. The quantitative estimate of drug-likeness (QED) is 0.841. The Hall–Kier alpha value is -2.41. The number of nitrogens with zero attached hydrogens (tertiary/aromatic N) is 3. The highest BCUT2D eigenvalue weighted by Gasteiger charge is 2.23. The molecule has 134 valence electrons. The van der Waals surface area contributed by atoms with Gasteiger partial charge in [0.25, 0.3) is 0 Å². The Morgan fingerprint density at radius 3 is 2.56 bits per heavy atom. The molecule has 0 spiro atoms. The lowest BCUT2D eigenvalue weighted by atomic mass is 10.0. The van der Waals surface area contributed by atoms with Crippen molar-refractivity contribution in [3.63, 3.8) is 0 Å². The number of carbonyl (C=O) groups excluding carboxylic acids is 1. The predicted molar refractivity (Wildman–Crippen MR) is 94.0 cm³/mol. The summed E-state index contributed by atoms with van der Waals surface area (Å²) >= 11 is 0. The molecule has 1 saturated heterocycles. The number of likely N-dealkylation sites (tertiary alicyclic amines) is 1. The van der Waals surface area contributed by atoms with Gasteiger partial charge >= 0.3 is 6.03 Å². The van der Waals surface area contributed by atoms with Crippen LogP contribution >= 0.6 is 0 Å². The number of amides is 2. The van der Waals surface area contributed by atoms with E-state index in [9.17, 15) is 4.79 Å². The van der Waals surface area contributed by atoms with Crippen molar-refractivity contribution in [1.82, 2.24) is 25.7 Å². The standard InChI is InChI=1S/C18H25N5O2/c1-13-5-7-15(8-6-13)16(23-9-3-4-10-23)11-19-18(24)20-12-17-21-14(2)25-22-17/h5-8,16H,3-4,9-12H2,1-2H3,(H2,19,20,24). The normalized spacial score (nSPS) is 15.9. The van der Waals surface area contributed by atoms with Crippen LogP contribution in [0.4, 0.5) is 4.79 Å². The van der Waals surface area contributed by atoms with Crippen LogP contribution in [0.1, 0.15) is 41.7 Å². The molecule has 3 rings (SSSR count). The fourth-order valence-corrected chi connectivity index (χ4v) is 3.12. The minimum Gasteiger partial charge on any atom is -0.340 e. The molecule has 1 aliphatic rings. The highest BCUT2D eigenvalue weighted by molar-refractivity contribution is 5.73. The minimum absolute atomic E-state index is 0.196. The van der Waals surface area contributed by atoms with Crippen molar-refractivity contribution in [2.75, 3.05) is 19.6 Å². The number of benzene rings is 1. The van der Waals surface area contributed by atoms with Crippen LogP contribution in [0.15, 0.2) is 28.8 Å². The Kier molecular flexibility index (Phi) is 5.65. The molecule has 0 radical (unpaired) electrons. The van der Waals surface area contributed by atoms with Crippen LogP contribution in [0.25, 0.3) is 0 Å². The molecule has 25 heavy (non-hydrogen) atoms. The molecule has 1 atom stereocenters. The molecule has 2 aromatic rings. The molecule has 7 heteroatoms. The van der Waals surface area contributed by atoms with E-state index in [1.54, 1.807) is 6.92 Å². The number of rotatable bonds is 6. The average molecular weight is 343 g/mol. The van der Waals surface area contributed by atoms with Crippen molar-refractivity contribution in [2.24, 2.45) is 0 Å². The third kappa shape index (κ3) is 4.79. The number of aromatic nitrogens is 2. The summed E-state index contributed by atoms with van der Waals surface area (Å²) in [6, 6.07) is 8.52. The summed E-state index contributed by atoms with van der Waals surface area (Å²) < 4.78 is 4.89. The van der Waals surface area contributed by atoms with Crippen molar-refractivity contribution in [2.45, 2.75) is 39.3 Å². The first kappa shape index (κ1) is 17.4. The maximum atomic E-state index is 12.1. The monoisotopic (exact) mass is 343 g/mol. The summed E-state index contributed by atoms with van der Waals surface area (Å²) in [6.45, 7) is 6.77. The molecule has 0 saturated carbocycles. The first-order chi connectivity index (χ1) is 12.1. The fourth-order valence-electron chi connectivity index (χ4n) is 3.12.